The molecule has 0 fully saturated rings. The summed E-state index contributed by atoms with van der Waals surface area (Å²) in [6, 6.07) is 10.1. The van der Waals surface area contributed by atoms with Crippen molar-refractivity contribution in [2.75, 3.05) is 5.32 Å². The summed E-state index contributed by atoms with van der Waals surface area (Å²) in [6.45, 7) is 0.715. The van der Waals surface area contributed by atoms with Crippen LogP contribution in [0.1, 0.15) is 5.56 Å². The molecule has 4 heteroatoms. The molecule has 0 atom stereocenters. The number of hydrogen-bond donors (Lipinski definition) is 1. The van der Waals surface area contributed by atoms with Gasteiger partial charge in [-0.25, -0.2) is 9.97 Å². The van der Waals surface area contributed by atoms with Gasteiger partial charge in [0.15, 0.2) is 0 Å². The Morgan fingerprint density at radius 1 is 1.06 bits per heavy atom. The Balaban J connectivity index is 1.79. The van der Waals surface area contributed by atoms with Crippen molar-refractivity contribution in [2.24, 2.45) is 0 Å². The quantitative estimate of drug-likeness (QED) is 0.759. The predicted octanol–water partition coefficient (Wildman–Crippen LogP) is 2.64. The van der Waals surface area contributed by atoms with E-state index in [-0.39, 0.29) is 0 Å². The van der Waals surface area contributed by atoms with Crippen molar-refractivity contribution in [2.45, 2.75) is 6.54 Å². The Morgan fingerprint density at radius 2 is 1.94 bits per heavy atom. The fourth-order valence-electron chi connectivity index (χ4n) is 1.81. The highest BCUT2D eigenvalue weighted by atomic mass is 14.9. The first kappa shape index (κ1) is 10.7. The summed E-state index contributed by atoms with van der Waals surface area (Å²) >= 11 is 0. The van der Waals surface area contributed by atoms with E-state index in [0.29, 0.717) is 6.54 Å². The van der Waals surface area contributed by atoms with Gasteiger partial charge in [0.2, 0.25) is 0 Å². The number of pyridine rings is 1. The lowest BCUT2D eigenvalue weighted by molar-refractivity contribution is 1.05. The number of rotatable bonds is 3. The topological polar surface area (TPSA) is 50.7 Å². The molecular weight excluding hydrogens is 224 g/mol. The highest BCUT2D eigenvalue weighted by Gasteiger charge is 1.97. The predicted molar refractivity (Wildman–Crippen MR) is 71.1 cm³/mol. The standard InChI is InChI=1S/C14H12N4/c1-2-12-6-13(3-4-14(12)17-5-1)18-9-11-7-15-10-16-8-11/h1-8,10,18H,9H2. The van der Waals surface area contributed by atoms with E-state index in [1.54, 1.807) is 6.20 Å². The van der Waals surface area contributed by atoms with Crippen molar-refractivity contribution in [3.05, 3.63) is 60.8 Å². The van der Waals surface area contributed by atoms with Crippen molar-refractivity contribution in [3.8, 4) is 0 Å². The summed E-state index contributed by atoms with van der Waals surface area (Å²) in [6.07, 6.45) is 6.95. The van der Waals surface area contributed by atoms with E-state index in [9.17, 15) is 0 Å². The summed E-state index contributed by atoms with van der Waals surface area (Å²) in [7, 11) is 0. The van der Waals surface area contributed by atoms with Crippen LogP contribution in [0, 0.1) is 0 Å². The highest BCUT2D eigenvalue weighted by Crippen LogP contribution is 2.17. The normalized spacial score (nSPS) is 10.4. The highest BCUT2D eigenvalue weighted by molar-refractivity contribution is 5.82. The molecule has 0 amide bonds. The van der Waals surface area contributed by atoms with Crippen LogP contribution in [-0.2, 0) is 6.54 Å². The lowest BCUT2D eigenvalue weighted by atomic mass is 10.2. The van der Waals surface area contributed by atoms with Crippen LogP contribution < -0.4 is 5.32 Å². The van der Waals surface area contributed by atoms with Crippen molar-refractivity contribution < 1.29 is 0 Å². The summed E-state index contributed by atoms with van der Waals surface area (Å²) in [4.78, 5) is 12.3. The minimum Gasteiger partial charge on any atom is -0.381 e. The molecule has 0 saturated heterocycles. The first-order chi connectivity index (χ1) is 8.92. The van der Waals surface area contributed by atoms with Gasteiger partial charge >= 0.3 is 0 Å². The molecule has 18 heavy (non-hydrogen) atoms. The van der Waals surface area contributed by atoms with Gasteiger partial charge in [0.25, 0.3) is 0 Å². The van der Waals surface area contributed by atoms with E-state index >= 15 is 0 Å². The molecule has 0 bridgehead atoms. The maximum atomic E-state index is 4.29. The Bertz CT molecular complexity index is 652. The third-order valence-corrected chi connectivity index (χ3v) is 2.71. The van der Waals surface area contributed by atoms with Gasteiger partial charge in [-0.2, -0.15) is 0 Å². The van der Waals surface area contributed by atoms with Crippen LogP contribution in [0.4, 0.5) is 5.69 Å². The summed E-state index contributed by atoms with van der Waals surface area (Å²) in [5.41, 5.74) is 3.13. The zero-order valence-corrected chi connectivity index (χ0v) is 9.74. The van der Waals surface area contributed by atoms with Gasteiger partial charge in [0, 0.05) is 41.8 Å². The van der Waals surface area contributed by atoms with Crippen molar-refractivity contribution in [1.82, 2.24) is 15.0 Å². The number of fused-ring (bicyclic) bond motifs is 1. The fraction of sp³-hybridized carbons (Fsp3) is 0.0714. The summed E-state index contributed by atoms with van der Waals surface area (Å²) in [5.74, 6) is 0. The molecule has 2 heterocycles. The Kier molecular flexibility index (Phi) is 2.84. The molecule has 1 N–H and O–H groups in total. The number of nitrogens with zero attached hydrogens (tertiary/aromatic N) is 3. The number of anilines is 1. The number of aromatic nitrogens is 3. The summed E-state index contributed by atoms with van der Waals surface area (Å²) in [5, 5.41) is 4.48. The minimum absolute atomic E-state index is 0.715. The van der Waals surface area contributed by atoms with Crippen LogP contribution in [0.25, 0.3) is 10.9 Å². The van der Waals surface area contributed by atoms with E-state index in [2.05, 4.69) is 32.4 Å². The third kappa shape index (κ3) is 2.27. The monoisotopic (exact) mass is 236 g/mol. The zero-order valence-electron chi connectivity index (χ0n) is 9.74. The third-order valence-electron chi connectivity index (χ3n) is 2.71. The zero-order chi connectivity index (χ0) is 12.2. The van der Waals surface area contributed by atoms with Crippen LogP contribution in [0.2, 0.25) is 0 Å². The molecule has 0 saturated carbocycles. The van der Waals surface area contributed by atoms with E-state index in [0.717, 1.165) is 22.2 Å². The molecule has 0 aliphatic heterocycles. The molecule has 0 aliphatic rings. The fourth-order valence-corrected chi connectivity index (χ4v) is 1.81. The Hall–Kier alpha value is -2.49. The smallest absolute Gasteiger partial charge is 0.115 e. The number of nitrogens with one attached hydrogen (secondary N) is 1. The van der Waals surface area contributed by atoms with Crippen LogP contribution >= 0.6 is 0 Å². The van der Waals surface area contributed by atoms with E-state index < -0.39 is 0 Å². The molecule has 1 aromatic carbocycles. The van der Waals surface area contributed by atoms with E-state index in [1.165, 1.54) is 6.33 Å². The second kappa shape index (κ2) is 4.79. The van der Waals surface area contributed by atoms with Crippen molar-refractivity contribution >= 4 is 16.6 Å². The van der Waals surface area contributed by atoms with Crippen molar-refractivity contribution in [3.63, 3.8) is 0 Å². The molecule has 0 unspecified atom stereocenters. The van der Waals surface area contributed by atoms with Gasteiger partial charge in [-0.05, 0) is 24.3 Å². The average Bonchev–Trinajstić information content (AvgIpc) is 2.46. The van der Waals surface area contributed by atoms with Gasteiger partial charge in [-0.15, -0.1) is 0 Å². The number of hydrogen-bond acceptors (Lipinski definition) is 4. The molecular formula is C14H12N4. The Morgan fingerprint density at radius 3 is 2.83 bits per heavy atom. The van der Waals surface area contributed by atoms with Crippen LogP contribution in [0.5, 0.6) is 0 Å². The van der Waals surface area contributed by atoms with Crippen molar-refractivity contribution in [1.29, 1.82) is 0 Å². The van der Waals surface area contributed by atoms with Crippen LogP contribution in [-0.4, -0.2) is 15.0 Å². The average molecular weight is 236 g/mol. The molecule has 3 aromatic rings. The van der Waals surface area contributed by atoms with E-state index in [4.69, 9.17) is 0 Å². The van der Waals surface area contributed by atoms with Gasteiger partial charge in [-0.3, -0.25) is 4.98 Å². The van der Waals surface area contributed by atoms with Crippen LogP contribution in [0.15, 0.2) is 55.2 Å². The second-order valence-corrected chi connectivity index (χ2v) is 4.01. The summed E-state index contributed by atoms with van der Waals surface area (Å²) < 4.78 is 0. The maximum absolute atomic E-state index is 4.29. The first-order valence-electron chi connectivity index (χ1n) is 5.74. The molecule has 88 valence electrons. The SMILES string of the molecule is c1cnc2ccc(NCc3cncnc3)cc2c1. The molecule has 0 aliphatic carbocycles. The molecule has 0 spiro atoms. The second-order valence-electron chi connectivity index (χ2n) is 4.01. The molecule has 0 radical (unpaired) electrons. The molecule has 3 rings (SSSR count). The largest absolute Gasteiger partial charge is 0.381 e. The number of benzene rings is 1. The van der Waals surface area contributed by atoms with Gasteiger partial charge in [-0.1, -0.05) is 6.07 Å². The van der Waals surface area contributed by atoms with E-state index in [1.807, 2.05) is 30.6 Å². The molecule has 2 aromatic heterocycles. The molecule has 4 nitrogen and oxygen atoms in total. The lowest BCUT2D eigenvalue weighted by Crippen LogP contribution is -2.00. The lowest BCUT2D eigenvalue weighted by Gasteiger charge is -2.06. The van der Waals surface area contributed by atoms with Crippen LogP contribution in [0.3, 0.4) is 0 Å². The minimum atomic E-state index is 0.715. The maximum Gasteiger partial charge on any atom is 0.115 e. The van der Waals surface area contributed by atoms with Gasteiger partial charge < -0.3 is 5.32 Å². The van der Waals surface area contributed by atoms with Gasteiger partial charge in [0.1, 0.15) is 6.33 Å². The first-order valence-corrected chi connectivity index (χ1v) is 5.74. The van der Waals surface area contributed by atoms with Gasteiger partial charge in [0.05, 0.1) is 5.52 Å². The Labute approximate surface area is 105 Å².